The van der Waals surface area contributed by atoms with Gasteiger partial charge in [-0.05, 0) is 30.0 Å². The van der Waals surface area contributed by atoms with Crippen LogP contribution in [0.25, 0.3) is 0 Å². The Bertz CT molecular complexity index is 436. The average molecular weight is 275 g/mol. The molecule has 1 aliphatic heterocycles. The standard InChI is InChI=1S/C16H25N3O/c1-11(2)12-3-5-13(6-4-12)15(17)10-19-16(20)14-7-8-18-9-14/h3-6,11,14-15,18H,7-10,17H2,1-2H3,(H,19,20). The fourth-order valence-electron chi connectivity index (χ4n) is 2.48. The third-order valence-corrected chi connectivity index (χ3v) is 3.96. The maximum Gasteiger partial charge on any atom is 0.224 e. The van der Waals surface area contributed by atoms with Crippen LogP contribution in [0.15, 0.2) is 24.3 Å². The molecule has 4 N–H and O–H groups in total. The topological polar surface area (TPSA) is 67.1 Å². The van der Waals surface area contributed by atoms with Crippen LogP contribution in [0.1, 0.15) is 43.4 Å². The van der Waals surface area contributed by atoms with E-state index in [1.165, 1.54) is 5.56 Å². The lowest BCUT2D eigenvalue weighted by atomic mass is 9.99. The van der Waals surface area contributed by atoms with Crippen molar-refractivity contribution in [2.75, 3.05) is 19.6 Å². The van der Waals surface area contributed by atoms with Gasteiger partial charge in [-0.2, -0.15) is 0 Å². The zero-order valence-corrected chi connectivity index (χ0v) is 12.4. The molecule has 1 aliphatic rings. The van der Waals surface area contributed by atoms with Gasteiger partial charge in [0.15, 0.2) is 0 Å². The maximum atomic E-state index is 11.9. The summed E-state index contributed by atoms with van der Waals surface area (Å²) in [5, 5.41) is 6.15. The van der Waals surface area contributed by atoms with E-state index in [2.05, 4.69) is 48.7 Å². The van der Waals surface area contributed by atoms with Gasteiger partial charge >= 0.3 is 0 Å². The second-order valence-corrected chi connectivity index (χ2v) is 5.86. The van der Waals surface area contributed by atoms with Crippen molar-refractivity contribution in [1.29, 1.82) is 0 Å². The molecular weight excluding hydrogens is 250 g/mol. The molecule has 1 fully saturated rings. The van der Waals surface area contributed by atoms with Gasteiger partial charge < -0.3 is 16.4 Å². The van der Waals surface area contributed by atoms with Crippen molar-refractivity contribution in [1.82, 2.24) is 10.6 Å². The molecule has 2 atom stereocenters. The molecule has 0 spiro atoms. The number of carbonyl (C=O) groups excluding carboxylic acids is 1. The zero-order valence-electron chi connectivity index (χ0n) is 12.4. The molecule has 1 aromatic carbocycles. The Balaban J connectivity index is 1.84. The molecule has 0 aliphatic carbocycles. The van der Waals surface area contributed by atoms with Gasteiger partial charge in [-0.25, -0.2) is 0 Å². The van der Waals surface area contributed by atoms with Gasteiger partial charge in [-0.1, -0.05) is 38.1 Å². The van der Waals surface area contributed by atoms with Crippen molar-refractivity contribution in [3.05, 3.63) is 35.4 Å². The Morgan fingerprint density at radius 2 is 2.00 bits per heavy atom. The highest BCUT2D eigenvalue weighted by Gasteiger charge is 2.22. The first-order valence-corrected chi connectivity index (χ1v) is 7.41. The summed E-state index contributed by atoms with van der Waals surface area (Å²) in [6.07, 6.45) is 0.921. The Kier molecular flexibility index (Phi) is 5.15. The lowest BCUT2D eigenvalue weighted by Crippen LogP contribution is -2.36. The number of carbonyl (C=O) groups is 1. The van der Waals surface area contributed by atoms with Crippen LogP contribution in [0, 0.1) is 5.92 Å². The third-order valence-electron chi connectivity index (χ3n) is 3.96. The summed E-state index contributed by atoms with van der Waals surface area (Å²) in [6.45, 7) is 6.55. The predicted molar refractivity (Wildman–Crippen MR) is 81.4 cm³/mol. The first-order chi connectivity index (χ1) is 9.58. The van der Waals surface area contributed by atoms with Gasteiger partial charge in [0.05, 0.1) is 5.92 Å². The molecule has 0 radical (unpaired) electrons. The minimum atomic E-state index is -0.144. The van der Waals surface area contributed by atoms with E-state index >= 15 is 0 Å². The summed E-state index contributed by atoms with van der Waals surface area (Å²) < 4.78 is 0. The summed E-state index contributed by atoms with van der Waals surface area (Å²) in [5.41, 5.74) is 8.51. The fourth-order valence-corrected chi connectivity index (χ4v) is 2.48. The number of hydrogen-bond acceptors (Lipinski definition) is 3. The number of rotatable bonds is 5. The van der Waals surface area contributed by atoms with Crippen LogP contribution in [0.3, 0.4) is 0 Å². The van der Waals surface area contributed by atoms with Crippen molar-refractivity contribution in [3.8, 4) is 0 Å². The smallest absolute Gasteiger partial charge is 0.224 e. The molecule has 20 heavy (non-hydrogen) atoms. The molecule has 2 unspecified atom stereocenters. The van der Waals surface area contributed by atoms with Crippen LogP contribution in [-0.4, -0.2) is 25.5 Å². The van der Waals surface area contributed by atoms with Crippen LogP contribution >= 0.6 is 0 Å². The lowest BCUT2D eigenvalue weighted by molar-refractivity contribution is -0.124. The summed E-state index contributed by atoms with van der Waals surface area (Å²) in [7, 11) is 0. The van der Waals surface area contributed by atoms with Crippen LogP contribution in [0.2, 0.25) is 0 Å². The Labute approximate surface area is 121 Å². The first-order valence-electron chi connectivity index (χ1n) is 7.41. The number of benzene rings is 1. The average Bonchev–Trinajstić information content (AvgIpc) is 2.98. The molecule has 1 amide bonds. The molecule has 0 saturated carbocycles. The quantitative estimate of drug-likeness (QED) is 0.763. The normalized spacial score (nSPS) is 20.1. The minimum absolute atomic E-state index is 0.102. The van der Waals surface area contributed by atoms with Crippen molar-refractivity contribution in [2.45, 2.75) is 32.2 Å². The molecule has 0 aromatic heterocycles. The van der Waals surface area contributed by atoms with Gasteiger partial charge in [0, 0.05) is 19.1 Å². The Hall–Kier alpha value is -1.39. The van der Waals surface area contributed by atoms with Gasteiger partial charge in [0.1, 0.15) is 0 Å². The van der Waals surface area contributed by atoms with E-state index in [-0.39, 0.29) is 17.9 Å². The van der Waals surface area contributed by atoms with Gasteiger partial charge in [-0.3, -0.25) is 4.79 Å². The Morgan fingerprint density at radius 1 is 1.35 bits per heavy atom. The van der Waals surface area contributed by atoms with Crippen LogP contribution in [0.5, 0.6) is 0 Å². The van der Waals surface area contributed by atoms with Gasteiger partial charge in [0.2, 0.25) is 5.91 Å². The molecular formula is C16H25N3O. The molecule has 1 heterocycles. The van der Waals surface area contributed by atoms with E-state index in [0.29, 0.717) is 12.5 Å². The van der Waals surface area contributed by atoms with Crippen molar-refractivity contribution >= 4 is 5.91 Å². The number of nitrogens with one attached hydrogen (secondary N) is 2. The molecule has 1 saturated heterocycles. The predicted octanol–water partition coefficient (Wildman–Crippen LogP) is 1.54. The van der Waals surface area contributed by atoms with E-state index in [9.17, 15) is 4.79 Å². The Morgan fingerprint density at radius 3 is 2.55 bits per heavy atom. The lowest BCUT2D eigenvalue weighted by Gasteiger charge is -2.16. The number of nitrogens with two attached hydrogens (primary N) is 1. The van der Waals surface area contributed by atoms with Gasteiger partial charge in [0.25, 0.3) is 0 Å². The summed E-state index contributed by atoms with van der Waals surface area (Å²) >= 11 is 0. The van der Waals surface area contributed by atoms with Crippen molar-refractivity contribution < 1.29 is 4.79 Å². The molecule has 4 nitrogen and oxygen atoms in total. The molecule has 4 heteroatoms. The number of hydrogen-bond donors (Lipinski definition) is 3. The molecule has 0 bridgehead atoms. The second-order valence-electron chi connectivity index (χ2n) is 5.86. The van der Waals surface area contributed by atoms with E-state index < -0.39 is 0 Å². The van der Waals surface area contributed by atoms with Crippen molar-refractivity contribution in [2.24, 2.45) is 11.7 Å². The molecule has 1 aromatic rings. The fraction of sp³-hybridized carbons (Fsp3) is 0.562. The van der Waals surface area contributed by atoms with E-state index in [0.717, 1.165) is 25.1 Å². The SMILES string of the molecule is CC(C)c1ccc(C(N)CNC(=O)C2CCNC2)cc1. The van der Waals surface area contributed by atoms with Crippen LogP contribution in [0.4, 0.5) is 0 Å². The third kappa shape index (κ3) is 3.81. The van der Waals surface area contributed by atoms with E-state index in [4.69, 9.17) is 5.73 Å². The summed E-state index contributed by atoms with van der Waals surface area (Å²) in [5.74, 6) is 0.740. The monoisotopic (exact) mass is 275 g/mol. The highest BCUT2D eigenvalue weighted by molar-refractivity contribution is 5.79. The second kappa shape index (κ2) is 6.86. The van der Waals surface area contributed by atoms with E-state index in [1.807, 2.05) is 0 Å². The zero-order chi connectivity index (χ0) is 14.5. The van der Waals surface area contributed by atoms with Crippen molar-refractivity contribution in [3.63, 3.8) is 0 Å². The van der Waals surface area contributed by atoms with Gasteiger partial charge in [-0.15, -0.1) is 0 Å². The number of amides is 1. The molecule has 2 rings (SSSR count). The highest BCUT2D eigenvalue weighted by atomic mass is 16.1. The largest absolute Gasteiger partial charge is 0.354 e. The molecule has 110 valence electrons. The van der Waals surface area contributed by atoms with Crippen LogP contribution in [-0.2, 0) is 4.79 Å². The maximum absolute atomic E-state index is 11.9. The minimum Gasteiger partial charge on any atom is -0.354 e. The highest BCUT2D eigenvalue weighted by Crippen LogP contribution is 2.17. The first kappa shape index (κ1) is 15.0. The van der Waals surface area contributed by atoms with E-state index in [1.54, 1.807) is 0 Å². The summed E-state index contributed by atoms with van der Waals surface area (Å²) in [4.78, 5) is 11.9. The van der Waals surface area contributed by atoms with Crippen LogP contribution < -0.4 is 16.4 Å². The summed E-state index contributed by atoms with van der Waals surface area (Å²) in [6, 6.07) is 8.20.